The Morgan fingerprint density at radius 2 is 1.80 bits per heavy atom. The average molecular weight is 305 g/mol. The van der Waals surface area contributed by atoms with Crippen LogP contribution in [0.1, 0.15) is 40.0 Å². The van der Waals surface area contributed by atoms with Gasteiger partial charge in [0, 0.05) is 19.6 Å². The first-order chi connectivity index (χ1) is 9.56. The molecule has 1 heterocycles. The summed E-state index contributed by atoms with van der Waals surface area (Å²) in [5.41, 5.74) is 0. The molecule has 1 fully saturated rings. The minimum absolute atomic E-state index is 0.232. The van der Waals surface area contributed by atoms with Crippen molar-refractivity contribution in [3.8, 4) is 0 Å². The van der Waals surface area contributed by atoms with Gasteiger partial charge in [0.2, 0.25) is 10.0 Å². The van der Waals surface area contributed by atoms with E-state index in [1.165, 1.54) is 0 Å². The quantitative estimate of drug-likeness (QED) is 0.694. The zero-order valence-corrected chi connectivity index (χ0v) is 14.1. The first-order valence-electron chi connectivity index (χ1n) is 7.98. The van der Waals surface area contributed by atoms with E-state index in [1.807, 2.05) is 6.92 Å². The Balaban J connectivity index is 2.51. The predicted molar refractivity (Wildman–Crippen MR) is 84.5 cm³/mol. The summed E-state index contributed by atoms with van der Waals surface area (Å²) < 4.78 is 26.9. The van der Waals surface area contributed by atoms with Gasteiger partial charge in [-0.2, -0.15) is 0 Å². The molecule has 1 saturated heterocycles. The summed E-state index contributed by atoms with van der Waals surface area (Å²) in [6, 6.07) is 0. The largest absolute Gasteiger partial charge is 0.315 e. The van der Waals surface area contributed by atoms with Crippen LogP contribution < -0.4 is 5.32 Å². The maximum atomic E-state index is 12.6. The lowest BCUT2D eigenvalue weighted by Gasteiger charge is -2.30. The molecule has 5 nitrogen and oxygen atoms in total. The minimum Gasteiger partial charge on any atom is -0.315 e. The minimum atomic E-state index is -3.13. The summed E-state index contributed by atoms with van der Waals surface area (Å²) in [5, 5.41) is 2.97. The Kier molecular flexibility index (Phi) is 8.02. The summed E-state index contributed by atoms with van der Waals surface area (Å²) in [6.45, 7) is 12.0. The molecule has 0 bridgehead atoms. The summed E-state index contributed by atoms with van der Waals surface area (Å²) in [6.07, 6.45) is 2.66. The van der Waals surface area contributed by atoms with Crippen LogP contribution in [0, 0.1) is 0 Å². The molecule has 0 spiro atoms. The standard InChI is InChI=1S/C14H31N3O2S/c1-4-16(5-2)11-8-12-17(6-3)20(18,19)14-9-7-10-15-13-14/h14-15H,4-13H2,1-3H3. The molecule has 1 aliphatic heterocycles. The van der Waals surface area contributed by atoms with Crippen LogP contribution in [-0.2, 0) is 10.0 Å². The number of nitrogens with one attached hydrogen (secondary N) is 1. The molecular formula is C14H31N3O2S. The van der Waals surface area contributed by atoms with E-state index in [9.17, 15) is 8.42 Å². The second-order valence-electron chi connectivity index (χ2n) is 5.39. The molecule has 1 N–H and O–H groups in total. The normalized spacial score (nSPS) is 20.8. The summed E-state index contributed by atoms with van der Waals surface area (Å²) >= 11 is 0. The van der Waals surface area contributed by atoms with Crippen LogP contribution in [0.3, 0.4) is 0 Å². The van der Waals surface area contributed by atoms with Crippen molar-refractivity contribution in [2.75, 3.05) is 45.8 Å². The van der Waals surface area contributed by atoms with Crippen LogP contribution in [-0.4, -0.2) is 68.7 Å². The molecule has 1 aliphatic rings. The van der Waals surface area contributed by atoms with Crippen molar-refractivity contribution >= 4 is 10.0 Å². The van der Waals surface area contributed by atoms with Gasteiger partial charge in [-0.1, -0.05) is 20.8 Å². The Bertz CT molecular complexity index is 349. The Morgan fingerprint density at radius 3 is 2.30 bits per heavy atom. The number of sulfonamides is 1. The van der Waals surface area contributed by atoms with Crippen LogP contribution in [0.5, 0.6) is 0 Å². The fraction of sp³-hybridized carbons (Fsp3) is 1.00. The maximum absolute atomic E-state index is 12.6. The molecule has 0 aromatic rings. The SMILES string of the molecule is CCN(CC)CCCN(CC)S(=O)(=O)C1CCCNC1. The lowest BCUT2D eigenvalue weighted by Crippen LogP contribution is -2.46. The highest BCUT2D eigenvalue weighted by molar-refractivity contribution is 7.89. The summed E-state index contributed by atoms with van der Waals surface area (Å²) in [7, 11) is -3.13. The van der Waals surface area contributed by atoms with Crippen molar-refractivity contribution in [2.24, 2.45) is 0 Å². The summed E-state index contributed by atoms with van der Waals surface area (Å²) in [4.78, 5) is 2.34. The molecule has 1 atom stereocenters. The lowest BCUT2D eigenvalue weighted by atomic mass is 10.2. The Labute approximate surface area is 124 Å². The third-order valence-electron chi connectivity index (χ3n) is 4.16. The summed E-state index contributed by atoms with van der Waals surface area (Å²) in [5.74, 6) is 0. The topological polar surface area (TPSA) is 52.7 Å². The molecule has 1 rings (SSSR count). The van der Waals surface area contributed by atoms with Crippen LogP contribution in [0.2, 0.25) is 0 Å². The highest BCUT2D eigenvalue weighted by Gasteiger charge is 2.31. The van der Waals surface area contributed by atoms with Crippen LogP contribution in [0.4, 0.5) is 0 Å². The van der Waals surface area contributed by atoms with Crippen molar-refractivity contribution in [1.29, 1.82) is 0 Å². The fourth-order valence-corrected chi connectivity index (χ4v) is 4.72. The molecule has 1 unspecified atom stereocenters. The van der Waals surface area contributed by atoms with E-state index < -0.39 is 10.0 Å². The second kappa shape index (κ2) is 8.97. The molecular weight excluding hydrogens is 274 g/mol. The van der Waals surface area contributed by atoms with E-state index >= 15 is 0 Å². The average Bonchev–Trinajstić information content (AvgIpc) is 2.48. The first kappa shape index (κ1) is 17.9. The van der Waals surface area contributed by atoms with Crippen molar-refractivity contribution in [2.45, 2.75) is 45.3 Å². The van der Waals surface area contributed by atoms with E-state index in [0.717, 1.165) is 45.4 Å². The number of rotatable bonds is 9. The Hall–Kier alpha value is -0.170. The third kappa shape index (κ3) is 4.98. The molecule has 0 radical (unpaired) electrons. The van der Waals surface area contributed by atoms with E-state index in [4.69, 9.17) is 0 Å². The van der Waals surface area contributed by atoms with E-state index in [0.29, 0.717) is 19.6 Å². The fourth-order valence-electron chi connectivity index (χ4n) is 2.76. The highest BCUT2D eigenvalue weighted by Crippen LogP contribution is 2.16. The number of piperidine rings is 1. The number of hydrogen-bond donors (Lipinski definition) is 1. The van der Waals surface area contributed by atoms with Gasteiger partial charge in [0.05, 0.1) is 5.25 Å². The van der Waals surface area contributed by atoms with Crippen molar-refractivity contribution in [3.05, 3.63) is 0 Å². The van der Waals surface area contributed by atoms with Gasteiger partial charge in [0.25, 0.3) is 0 Å². The number of hydrogen-bond acceptors (Lipinski definition) is 4. The highest BCUT2D eigenvalue weighted by atomic mass is 32.2. The molecule has 0 aliphatic carbocycles. The molecule has 0 aromatic heterocycles. The first-order valence-corrected chi connectivity index (χ1v) is 9.48. The molecule has 0 aromatic carbocycles. The Morgan fingerprint density at radius 1 is 1.10 bits per heavy atom. The lowest BCUT2D eigenvalue weighted by molar-refractivity contribution is 0.284. The van der Waals surface area contributed by atoms with Crippen molar-refractivity contribution < 1.29 is 8.42 Å². The zero-order chi connectivity index (χ0) is 15.0. The van der Waals surface area contributed by atoms with Gasteiger partial charge >= 0.3 is 0 Å². The molecule has 0 saturated carbocycles. The monoisotopic (exact) mass is 305 g/mol. The van der Waals surface area contributed by atoms with E-state index in [1.54, 1.807) is 4.31 Å². The molecule has 120 valence electrons. The van der Waals surface area contributed by atoms with Gasteiger partial charge in [-0.05, 0) is 45.4 Å². The molecule has 6 heteroatoms. The van der Waals surface area contributed by atoms with E-state index in [-0.39, 0.29) is 5.25 Å². The van der Waals surface area contributed by atoms with E-state index in [2.05, 4.69) is 24.1 Å². The van der Waals surface area contributed by atoms with Gasteiger partial charge in [-0.15, -0.1) is 0 Å². The van der Waals surface area contributed by atoms with Crippen molar-refractivity contribution in [3.63, 3.8) is 0 Å². The van der Waals surface area contributed by atoms with Gasteiger partial charge < -0.3 is 10.2 Å². The van der Waals surface area contributed by atoms with Gasteiger partial charge in [0.1, 0.15) is 0 Å². The smallest absolute Gasteiger partial charge is 0.218 e. The number of nitrogens with zero attached hydrogens (tertiary/aromatic N) is 2. The van der Waals surface area contributed by atoms with Crippen LogP contribution in [0.25, 0.3) is 0 Å². The van der Waals surface area contributed by atoms with Crippen LogP contribution in [0.15, 0.2) is 0 Å². The van der Waals surface area contributed by atoms with Gasteiger partial charge in [-0.3, -0.25) is 0 Å². The molecule has 20 heavy (non-hydrogen) atoms. The zero-order valence-electron chi connectivity index (χ0n) is 13.3. The maximum Gasteiger partial charge on any atom is 0.218 e. The molecule has 0 amide bonds. The second-order valence-corrected chi connectivity index (χ2v) is 7.60. The van der Waals surface area contributed by atoms with Crippen molar-refractivity contribution in [1.82, 2.24) is 14.5 Å². The van der Waals surface area contributed by atoms with Gasteiger partial charge in [-0.25, -0.2) is 12.7 Å². The predicted octanol–water partition coefficient (Wildman–Crippen LogP) is 1.12. The van der Waals surface area contributed by atoms with Gasteiger partial charge in [0.15, 0.2) is 0 Å². The third-order valence-corrected chi connectivity index (χ3v) is 6.57. The van der Waals surface area contributed by atoms with Crippen LogP contribution >= 0.6 is 0 Å².